The van der Waals surface area contributed by atoms with Gasteiger partial charge in [-0.05, 0) is 35.7 Å². The molecule has 0 bridgehead atoms. The van der Waals surface area contributed by atoms with E-state index in [1.54, 1.807) is 36.5 Å². The van der Waals surface area contributed by atoms with Crippen LogP contribution in [0.3, 0.4) is 0 Å². The summed E-state index contributed by atoms with van der Waals surface area (Å²) >= 11 is 0. The van der Waals surface area contributed by atoms with Gasteiger partial charge in [-0.25, -0.2) is 0 Å². The van der Waals surface area contributed by atoms with E-state index in [9.17, 15) is 18.0 Å². The topological polar surface area (TPSA) is 76.2 Å². The summed E-state index contributed by atoms with van der Waals surface area (Å²) in [5, 5.41) is 9.50. The zero-order valence-corrected chi connectivity index (χ0v) is 17.8. The van der Waals surface area contributed by atoms with Gasteiger partial charge in [0.15, 0.2) is 17.3 Å². The van der Waals surface area contributed by atoms with E-state index in [2.05, 4.69) is 22.1 Å². The number of hydrogen-bond donors (Lipinski definition) is 2. The SMILES string of the molecule is C=CCc1ccc(COc2ccc(C3CC(=O)Nc4n[nH]cc43)cc2OC)c(C(F)(F)F)c1. The summed E-state index contributed by atoms with van der Waals surface area (Å²) in [7, 11) is 1.45. The van der Waals surface area contributed by atoms with Gasteiger partial charge in [0.05, 0.1) is 12.7 Å². The van der Waals surface area contributed by atoms with Gasteiger partial charge >= 0.3 is 6.18 Å². The number of aromatic amines is 1. The molecule has 1 atom stereocenters. The molecule has 1 aliphatic rings. The van der Waals surface area contributed by atoms with Gasteiger partial charge in [0, 0.05) is 29.7 Å². The Morgan fingerprint density at radius 3 is 2.76 bits per heavy atom. The molecule has 1 unspecified atom stereocenters. The van der Waals surface area contributed by atoms with Crippen LogP contribution in [-0.4, -0.2) is 23.2 Å². The Morgan fingerprint density at radius 1 is 1.21 bits per heavy atom. The van der Waals surface area contributed by atoms with Crippen molar-refractivity contribution in [3.63, 3.8) is 0 Å². The van der Waals surface area contributed by atoms with Crippen molar-refractivity contribution in [1.29, 1.82) is 0 Å². The van der Waals surface area contributed by atoms with Gasteiger partial charge < -0.3 is 14.8 Å². The minimum atomic E-state index is -4.51. The standard InChI is InChI=1S/C24H22F3N3O3/c1-3-4-14-5-6-16(19(9-14)24(25,26)27)13-33-20-8-7-15(10-21(20)32-2)17-11-22(31)29-23-18(17)12-28-30-23/h3,5-10,12,17H,1,4,11,13H2,2H3,(H2,28,29,30,31). The zero-order chi connectivity index (χ0) is 23.6. The van der Waals surface area contributed by atoms with Crippen molar-refractivity contribution < 1.29 is 27.4 Å². The lowest BCUT2D eigenvalue weighted by molar-refractivity contribution is -0.138. The summed E-state index contributed by atoms with van der Waals surface area (Å²) in [6.07, 6.45) is -0.641. The van der Waals surface area contributed by atoms with Crippen molar-refractivity contribution in [3.8, 4) is 11.5 Å². The molecular formula is C24H22F3N3O3. The second-order valence-corrected chi connectivity index (χ2v) is 7.68. The highest BCUT2D eigenvalue weighted by molar-refractivity contribution is 5.94. The number of carbonyl (C=O) groups excluding carboxylic acids is 1. The van der Waals surface area contributed by atoms with Crippen molar-refractivity contribution in [2.75, 3.05) is 12.4 Å². The molecule has 0 saturated carbocycles. The molecule has 2 heterocycles. The predicted octanol–water partition coefficient (Wildman–Crippen LogP) is 5.22. The van der Waals surface area contributed by atoms with Crippen molar-refractivity contribution in [2.45, 2.75) is 31.5 Å². The number of alkyl halides is 3. The number of benzene rings is 2. The predicted molar refractivity (Wildman–Crippen MR) is 116 cm³/mol. The van der Waals surface area contributed by atoms with Gasteiger partial charge in [-0.15, -0.1) is 6.58 Å². The minimum Gasteiger partial charge on any atom is -0.493 e. The van der Waals surface area contributed by atoms with Crippen LogP contribution >= 0.6 is 0 Å². The smallest absolute Gasteiger partial charge is 0.416 e. The first kappa shape index (κ1) is 22.4. The van der Waals surface area contributed by atoms with Crippen molar-refractivity contribution in [2.24, 2.45) is 0 Å². The third kappa shape index (κ3) is 4.72. The highest BCUT2D eigenvalue weighted by atomic mass is 19.4. The molecule has 0 spiro atoms. The fourth-order valence-corrected chi connectivity index (χ4v) is 3.92. The molecule has 1 aliphatic heterocycles. The number of rotatable bonds is 7. The molecule has 9 heteroatoms. The molecule has 3 aromatic rings. The van der Waals surface area contributed by atoms with Gasteiger partial charge in [-0.2, -0.15) is 18.3 Å². The second kappa shape index (κ2) is 9.01. The van der Waals surface area contributed by atoms with Gasteiger partial charge in [0.25, 0.3) is 0 Å². The average molecular weight is 457 g/mol. The lowest BCUT2D eigenvalue weighted by Crippen LogP contribution is -2.23. The zero-order valence-electron chi connectivity index (χ0n) is 17.8. The Hall–Kier alpha value is -3.75. The van der Waals surface area contributed by atoms with Gasteiger partial charge in [0.2, 0.25) is 5.91 Å². The first-order chi connectivity index (χ1) is 15.8. The third-order valence-corrected chi connectivity index (χ3v) is 5.53. The number of fused-ring (bicyclic) bond motifs is 1. The number of ether oxygens (including phenoxy) is 2. The maximum atomic E-state index is 13.6. The van der Waals surface area contributed by atoms with Crippen LogP contribution in [0.2, 0.25) is 0 Å². The van der Waals surface area contributed by atoms with Crippen molar-refractivity contribution in [1.82, 2.24) is 10.2 Å². The summed E-state index contributed by atoms with van der Waals surface area (Å²) < 4.78 is 51.9. The van der Waals surface area contributed by atoms with Gasteiger partial charge in [0.1, 0.15) is 6.61 Å². The molecule has 1 amide bonds. The number of halogens is 3. The van der Waals surface area contributed by atoms with E-state index in [0.717, 1.165) is 17.2 Å². The van der Waals surface area contributed by atoms with Crippen LogP contribution < -0.4 is 14.8 Å². The van der Waals surface area contributed by atoms with E-state index < -0.39 is 11.7 Å². The normalized spacial score (nSPS) is 15.5. The highest BCUT2D eigenvalue weighted by Gasteiger charge is 2.34. The van der Waals surface area contributed by atoms with Gasteiger partial charge in [-0.1, -0.05) is 24.3 Å². The molecule has 172 valence electrons. The van der Waals surface area contributed by atoms with Crippen molar-refractivity contribution >= 4 is 11.7 Å². The lowest BCUT2D eigenvalue weighted by atomic mass is 9.87. The number of carbonyl (C=O) groups is 1. The molecule has 33 heavy (non-hydrogen) atoms. The maximum absolute atomic E-state index is 13.6. The lowest BCUT2D eigenvalue weighted by Gasteiger charge is -2.23. The Morgan fingerprint density at radius 2 is 2.03 bits per heavy atom. The van der Waals surface area contributed by atoms with E-state index in [1.165, 1.54) is 13.2 Å². The molecule has 0 aliphatic carbocycles. The molecule has 0 saturated heterocycles. The summed E-state index contributed by atoms with van der Waals surface area (Å²) in [5.74, 6) is 0.760. The number of nitrogens with zero attached hydrogens (tertiary/aromatic N) is 1. The molecule has 2 N–H and O–H groups in total. The molecule has 0 radical (unpaired) electrons. The number of allylic oxidation sites excluding steroid dienone is 1. The van der Waals surface area contributed by atoms with Crippen LogP contribution in [0, 0.1) is 0 Å². The number of amides is 1. The van der Waals surface area contributed by atoms with Crippen LogP contribution in [0.15, 0.2) is 55.3 Å². The van der Waals surface area contributed by atoms with E-state index >= 15 is 0 Å². The summed E-state index contributed by atoms with van der Waals surface area (Å²) in [6.45, 7) is 3.29. The molecule has 2 aromatic carbocycles. The fourth-order valence-electron chi connectivity index (χ4n) is 3.92. The van der Waals surface area contributed by atoms with E-state index in [4.69, 9.17) is 9.47 Å². The number of nitrogens with one attached hydrogen (secondary N) is 2. The Balaban J connectivity index is 1.58. The molecule has 4 rings (SSSR count). The Kier molecular flexibility index (Phi) is 6.13. The third-order valence-electron chi connectivity index (χ3n) is 5.53. The molecular weight excluding hydrogens is 435 g/mol. The van der Waals surface area contributed by atoms with E-state index in [1.807, 2.05) is 0 Å². The number of methoxy groups -OCH3 is 1. The van der Waals surface area contributed by atoms with Crippen LogP contribution in [0.1, 0.15) is 40.2 Å². The molecule has 0 fully saturated rings. The first-order valence-electron chi connectivity index (χ1n) is 10.2. The van der Waals surface area contributed by atoms with Gasteiger partial charge in [-0.3, -0.25) is 9.89 Å². The first-order valence-corrected chi connectivity index (χ1v) is 10.2. The number of hydrogen-bond acceptors (Lipinski definition) is 4. The minimum absolute atomic E-state index is 0.0217. The summed E-state index contributed by atoms with van der Waals surface area (Å²) in [4.78, 5) is 12.0. The Bertz CT molecular complexity index is 1190. The quantitative estimate of drug-likeness (QED) is 0.477. The van der Waals surface area contributed by atoms with E-state index in [0.29, 0.717) is 29.3 Å². The fraction of sp³-hybridized carbons (Fsp3) is 0.250. The maximum Gasteiger partial charge on any atom is 0.416 e. The second-order valence-electron chi connectivity index (χ2n) is 7.68. The average Bonchev–Trinajstić information content (AvgIpc) is 3.25. The number of aromatic nitrogens is 2. The van der Waals surface area contributed by atoms with Crippen LogP contribution in [-0.2, 0) is 24.0 Å². The van der Waals surface area contributed by atoms with E-state index in [-0.39, 0.29) is 30.4 Å². The Labute approximate surface area is 188 Å². The molecule has 1 aromatic heterocycles. The number of H-pyrrole nitrogens is 1. The van der Waals surface area contributed by atoms with Crippen molar-refractivity contribution in [3.05, 3.63) is 83.1 Å². The molecule has 6 nitrogen and oxygen atoms in total. The van der Waals surface area contributed by atoms with Crippen LogP contribution in [0.5, 0.6) is 11.5 Å². The summed E-state index contributed by atoms with van der Waals surface area (Å²) in [6, 6.07) is 9.32. The van der Waals surface area contributed by atoms with Crippen LogP contribution in [0.4, 0.5) is 19.0 Å². The summed E-state index contributed by atoms with van der Waals surface area (Å²) in [5.41, 5.74) is 1.46. The highest BCUT2D eigenvalue weighted by Crippen LogP contribution is 2.40. The van der Waals surface area contributed by atoms with Crippen LogP contribution in [0.25, 0.3) is 0 Å². The number of anilines is 1. The monoisotopic (exact) mass is 457 g/mol. The largest absolute Gasteiger partial charge is 0.493 e.